The van der Waals surface area contributed by atoms with Crippen molar-refractivity contribution in [2.75, 3.05) is 0 Å². The van der Waals surface area contributed by atoms with Crippen LogP contribution in [0.3, 0.4) is 0 Å². The van der Waals surface area contributed by atoms with E-state index in [-0.39, 0.29) is 16.1 Å². The largest absolute Gasteiger partial charge is 0.480 e. The molecular weight excluding hydrogens is 270 g/mol. The van der Waals surface area contributed by atoms with Gasteiger partial charge in [0.1, 0.15) is 16.2 Å². The molecule has 3 atom stereocenters. The zero-order valence-corrected chi connectivity index (χ0v) is 10.1. The number of aliphatic carboxylic acids is 1. The fourth-order valence-corrected chi connectivity index (χ4v) is 4.32. The highest BCUT2D eigenvalue weighted by atomic mass is 79.9. The molecule has 1 amide bonds. The van der Waals surface area contributed by atoms with Crippen LogP contribution in [0.5, 0.6) is 0 Å². The summed E-state index contributed by atoms with van der Waals surface area (Å²) < 4.78 is -0.408. The van der Waals surface area contributed by atoms with Gasteiger partial charge in [-0.05, 0) is 13.8 Å². The van der Waals surface area contributed by atoms with Crippen LogP contribution in [0.2, 0.25) is 0 Å². The summed E-state index contributed by atoms with van der Waals surface area (Å²) in [6.07, 6.45) is 0. The van der Waals surface area contributed by atoms with Crippen LogP contribution < -0.4 is 0 Å². The third-order valence-electron chi connectivity index (χ3n) is 2.61. The molecule has 1 N–H and O–H groups in total. The minimum Gasteiger partial charge on any atom is -0.480 e. The number of halogens is 1. The SMILES string of the molecule is CC1(C)SC2[C@H](Br)C(=O)N2C1C(=O)O. The number of carbonyl (C=O) groups excluding carboxylic acids is 1. The average molecular weight is 280 g/mol. The molecule has 2 saturated heterocycles. The van der Waals surface area contributed by atoms with Crippen LogP contribution in [0.15, 0.2) is 0 Å². The number of β-lactam (4-membered cyclic amide) rings is 1. The van der Waals surface area contributed by atoms with E-state index >= 15 is 0 Å². The van der Waals surface area contributed by atoms with Gasteiger partial charge in [-0.3, -0.25) is 4.79 Å². The molecule has 0 aromatic rings. The normalized spacial score (nSPS) is 39.2. The Hall–Kier alpha value is -0.230. The van der Waals surface area contributed by atoms with Crippen LogP contribution in [0.1, 0.15) is 13.8 Å². The third-order valence-corrected chi connectivity index (χ3v) is 5.42. The lowest BCUT2D eigenvalue weighted by Crippen LogP contribution is -2.63. The number of carboxylic acid groups (broad SMARTS) is 1. The highest BCUT2D eigenvalue weighted by molar-refractivity contribution is 9.10. The Balaban J connectivity index is 2.32. The molecule has 2 rings (SSSR count). The Morgan fingerprint density at radius 2 is 2.21 bits per heavy atom. The number of hydrogen-bond donors (Lipinski definition) is 1. The van der Waals surface area contributed by atoms with Gasteiger partial charge >= 0.3 is 5.97 Å². The maximum absolute atomic E-state index is 11.4. The van der Waals surface area contributed by atoms with Gasteiger partial charge in [0.15, 0.2) is 0 Å². The van der Waals surface area contributed by atoms with Crippen molar-refractivity contribution in [1.82, 2.24) is 4.90 Å². The predicted octanol–water partition coefficient (Wildman–Crippen LogP) is 0.897. The monoisotopic (exact) mass is 279 g/mol. The van der Waals surface area contributed by atoms with E-state index in [0.29, 0.717) is 0 Å². The Labute approximate surface area is 94.1 Å². The smallest absolute Gasteiger partial charge is 0.327 e. The van der Waals surface area contributed by atoms with E-state index in [0.717, 1.165) is 0 Å². The van der Waals surface area contributed by atoms with Crippen LogP contribution in [0, 0.1) is 0 Å². The van der Waals surface area contributed by atoms with Crippen molar-refractivity contribution in [3.63, 3.8) is 0 Å². The van der Waals surface area contributed by atoms with E-state index in [1.54, 1.807) is 11.8 Å². The highest BCUT2D eigenvalue weighted by Crippen LogP contribution is 2.52. The van der Waals surface area contributed by atoms with Gasteiger partial charge in [-0.1, -0.05) is 15.9 Å². The van der Waals surface area contributed by atoms with Gasteiger partial charge in [0.25, 0.3) is 0 Å². The summed E-state index contributed by atoms with van der Waals surface area (Å²) in [4.78, 5) is 23.7. The molecule has 0 radical (unpaired) electrons. The second-order valence-corrected chi connectivity index (χ2v) is 6.76. The quantitative estimate of drug-likeness (QED) is 0.572. The van der Waals surface area contributed by atoms with E-state index in [2.05, 4.69) is 15.9 Å². The van der Waals surface area contributed by atoms with Crippen molar-refractivity contribution in [2.45, 2.75) is 34.8 Å². The summed E-state index contributed by atoms with van der Waals surface area (Å²) in [5, 5.41) is 9.04. The second kappa shape index (κ2) is 2.88. The first-order chi connectivity index (χ1) is 6.36. The van der Waals surface area contributed by atoms with Crippen molar-refractivity contribution in [3.8, 4) is 0 Å². The maximum Gasteiger partial charge on any atom is 0.327 e. The van der Waals surface area contributed by atoms with Gasteiger partial charge in [-0.15, -0.1) is 11.8 Å². The van der Waals surface area contributed by atoms with Crippen LogP contribution >= 0.6 is 27.7 Å². The number of rotatable bonds is 1. The zero-order valence-electron chi connectivity index (χ0n) is 7.73. The van der Waals surface area contributed by atoms with Crippen LogP contribution in [-0.4, -0.2) is 42.9 Å². The number of hydrogen-bond acceptors (Lipinski definition) is 3. The minimum atomic E-state index is -0.919. The molecule has 0 bridgehead atoms. The Bertz CT molecular complexity index is 320. The van der Waals surface area contributed by atoms with E-state index in [4.69, 9.17) is 5.11 Å². The van der Waals surface area contributed by atoms with Crippen LogP contribution in [0.25, 0.3) is 0 Å². The van der Waals surface area contributed by atoms with Gasteiger partial charge in [0, 0.05) is 4.75 Å². The molecule has 2 aliphatic rings. The molecule has 4 nitrogen and oxygen atoms in total. The lowest BCUT2D eigenvalue weighted by atomic mass is 9.98. The first-order valence-corrected chi connectivity index (χ1v) is 6.02. The van der Waals surface area contributed by atoms with Gasteiger partial charge in [0.2, 0.25) is 5.91 Å². The molecule has 0 saturated carbocycles. The van der Waals surface area contributed by atoms with Crippen molar-refractivity contribution in [1.29, 1.82) is 0 Å². The summed E-state index contributed by atoms with van der Waals surface area (Å²) in [6.45, 7) is 3.73. The second-order valence-electron chi connectivity index (χ2n) is 4.00. The molecule has 0 aromatic carbocycles. The minimum absolute atomic E-state index is 0.0152. The first kappa shape index (κ1) is 10.3. The molecule has 2 fully saturated rings. The number of nitrogens with zero attached hydrogens (tertiary/aromatic N) is 1. The Kier molecular flexibility index (Phi) is 2.12. The lowest BCUT2D eigenvalue weighted by Gasteiger charge is -2.40. The van der Waals surface area contributed by atoms with E-state index in [1.807, 2.05) is 13.8 Å². The predicted molar refractivity (Wildman–Crippen MR) is 56.4 cm³/mol. The number of carbonyl (C=O) groups is 2. The van der Waals surface area contributed by atoms with E-state index in [9.17, 15) is 9.59 Å². The van der Waals surface area contributed by atoms with E-state index in [1.165, 1.54) is 4.90 Å². The van der Waals surface area contributed by atoms with Gasteiger partial charge < -0.3 is 10.0 Å². The molecular formula is C8H10BrNO3S. The number of carboxylic acids is 1. The summed E-state index contributed by atoms with van der Waals surface area (Å²) in [5.41, 5.74) is 0. The first-order valence-electron chi connectivity index (χ1n) is 4.23. The lowest BCUT2D eigenvalue weighted by molar-refractivity contribution is -0.156. The average Bonchev–Trinajstić information content (AvgIpc) is 2.34. The summed E-state index contributed by atoms with van der Waals surface area (Å²) in [5.74, 6) is -1.03. The van der Waals surface area contributed by atoms with Gasteiger partial charge in [-0.2, -0.15) is 0 Å². The van der Waals surface area contributed by atoms with Crippen molar-refractivity contribution < 1.29 is 14.7 Å². The summed E-state index contributed by atoms with van der Waals surface area (Å²) >= 11 is 4.80. The molecule has 2 unspecified atom stereocenters. The number of alkyl halides is 1. The van der Waals surface area contributed by atoms with Crippen LogP contribution in [0.4, 0.5) is 0 Å². The molecule has 0 aromatic heterocycles. The molecule has 78 valence electrons. The zero-order chi connectivity index (χ0) is 10.7. The van der Waals surface area contributed by atoms with Gasteiger partial charge in [0.05, 0.1) is 0 Å². The molecule has 2 heterocycles. The number of thioether (sulfide) groups is 1. The molecule has 6 heteroatoms. The standard InChI is InChI=1S/C8H10BrNO3S/c1-8(2)4(7(12)13)10-5(11)3(9)6(10)14-8/h3-4,6H,1-2H3,(H,12,13)/t3-,4?,6?/m1/s1. The Morgan fingerprint density at radius 3 is 2.71 bits per heavy atom. The number of fused-ring (bicyclic) bond motifs is 1. The molecule has 2 aliphatic heterocycles. The number of amides is 1. The summed E-state index contributed by atoms with van der Waals surface area (Å²) in [7, 11) is 0. The fourth-order valence-electron chi connectivity index (χ4n) is 1.97. The molecule has 14 heavy (non-hydrogen) atoms. The van der Waals surface area contributed by atoms with E-state index < -0.39 is 16.8 Å². The van der Waals surface area contributed by atoms with Crippen molar-refractivity contribution in [3.05, 3.63) is 0 Å². The van der Waals surface area contributed by atoms with Crippen LogP contribution in [-0.2, 0) is 9.59 Å². The van der Waals surface area contributed by atoms with Crippen molar-refractivity contribution >= 4 is 39.6 Å². The fraction of sp³-hybridized carbons (Fsp3) is 0.750. The van der Waals surface area contributed by atoms with Crippen molar-refractivity contribution in [2.24, 2.45) is 0 Å². The molecule has 0 aliphatic carbocycles. The summed E-state index contributed by atoms with van der Waals surface area (Å²) in [6, 6.07) is -0.696. The molecule has 0 spiro atoms. The van der Waals surface area contributed by atoms with Gasteiger partial charge in [-0.25, -0.2) is 4.79 Å². The topological polar surface area (TPSA) is 57.6 Å². The maximum atomic E-state index is 11.4. The highest BCUT2D eigenvalue weighted by Gasteiger charge is 2.62. The Morgan fingerprint density at radius 1 is 1.64 bits per heavy atom. The third kappa shape index (κ3) is 1.13.